The van der Waals surface area contributed by atoms with Crippen LogP contribution in [0, 0.1) is 5.92 Å². The van der Waals surface area contributed by atoms with Gasteiger partial charge in [0.15, 0.2) is 0 Å². The Labute approximate surface area is 186 Å². The number of nitrogens with zero attached hydrogens (tertiary/aromatic N) is 3. The first-order valence-electron chi connectivity index (χ1n) is 11.1. The van der Waals surface area contributed by atoms with Crippen molar-refractivity contribution in [3.63, 3.8) is 0 Å². The quantitative estimate of drug-likeness (QED) is 0.679. The van der Waals surface area contributed by atoms with Crippen molar-refractivity contribution in [1.82, 2.24) is 20.1 Å². The number of rotatable bonds is 6. The molecule has 2 heterocycles. The molecule has 2 aromatic rings. The molecule has 1 spiro atoms. The first-order valence-corrected chi connectivity index (χ1v) is 11.1. The van der Waals surface area contributed by atoms with Gasteiger partial charge in [0.25, 0.3) is 5.91 Å². The van der Waals surface area contributed by atoms with Crippen LogP contribution >= 0.6 is 0 Å². The van der Waals surface area contributed by atoms with Crippen LogP contribution in [0.25, 0.3) is 0 Å². The summed E-state index contributed by atoms with van der Waals surface area (Å²) in [7, 11) is 0. The number of fused-ring (bicyclic) bond motifs is 2. The Morgan fingerprint density at radius 2 is 2.06 bits per heavy atom. The summed E-state index contributed by atoms with van der Waals surface area (Å²) in [5.74, 6) is 0.280. The number of anilines is 1. The molecule has 0 bridgehead atoms. The minimum atomic E-state index is -1.05. The van der Waals surface area contributed by atoms with Gasteiger partial charge in [0.05, 0.1) is 0 Å². The molecule has 2 fully saturated rings. The Bertz CT molecular complexity index is 1080. The number of imide groups is 1. The molecule has 1 aromatic heterocycles. The zero-order valence-corrected chi connectivity index (χ0v) is 18.1. The molecule has 1 saturated carbocycles. The molecule has 1 unspecified atom stereocenters. The number of amides is 4. The average Bonchev–Trinajstić information content (AvgIpc) is 3.54. The van der Waals surface area contributed by atoms with Crippen molar-refractivity contribution in [2.45, 2.75) is 50.7 Å². The summed E-state index contributed by atoms with van der Waals surface area (Å²) in [5, 5.41) is 2.89. The highest BCUT2D eigenvalue weighted by Gasteiger charge is 2.55. The largest absolute Gasteiger partial charge is 0.384 e. The monoisotopic (exact) mass is 433 g/mol. The van der Waals surface area contributed by atoms with Crippen LogP contribution < -0.4 is 11.1 Å². The number of carbonyl (C=O) groups is 3. The van der Waals surface area contributed by atoms with Gasteiger partial charge in [-0.2, -0.15) is 0 Å². The Morgan fingerprint density at radius 3 is 2.78 bits per heavy atom. The second-order valence-electron chi connectivity index (χ2n) is 9.07. The second kappa shape index (κ2) is 7.62. The third-order valence-electron chi connectivity index (χ3n) is 7.03. The van der Waals surface area contributed by atoms with Gasteiger partial charge < -0.3 is 16.0 Å². The first kappa shape index (κ1) is 20.5. The third kappa shape index (κ3) is 3.39. The van der Waals surface area contributed by atoms with Crippen LogP contribution in [0.4, 0.5) is 10.6 Å². The number of nitrogens with one attached hydrogen (secondary N) is 1. The molecule has 8 heteroatoms. The number of pyridine rings is 1. The highest BCUT2D eigenvalue weighted by atomic mass is 16.2. The molecule has 3 N–H and O–H groups in total. The predicted molar refractivity (Wildman–Crippen MR) is 118 cm³/mol. The van der Waals surface area contributed by atoms with Gasteiger partial charge in [-0.05, 0) is 61.3 Å². The molecule has 2 atom stereocenters. The van der Waals surface area contributed by atoms with Crippen molar-refractivity contribution < 1.29 is 14.4 Å². The fraction of sp³-hybridized carbons (Fsp3) is 0.417. The lowest BCUT2D eigenvalue weighted by molar-refractivity contribution is -0.141. The maximum atomic E-state index is 13.4. The average molecular weight is 434 g/mol. The summed E-state index contributed by atoms with van der Waals surface area (Å²) in [4.78, 5) is 46.6. The van der Waals surface area contributed by atoms with Crippen LogP contribution in [-0.2, 0) is 28.1 Å². The van der Waals surface area contributed by atoms with E-state index >= 15 is 0 Å². The van der Waals surface area contributed by atoms with Crippen molar-refractivity contribution in [2.75, 3.05) is 12.3 Å². The molecule has 2 aliphatic carbocycles. The summed E-state index contributed by atoms with van der Waals surface area (Å²) in [5.41, 5.74) is 7.39. The highest BCUT2D eigenvalue weighted by molar-refractivity contribution is 6.09. The van der Waals surface area contributed by atoms with E-state index < -0.39 is 11.6 Å². The lowest BCUT2D eigenvalue weighted by atomic mass is 9.92. The van der Waals surface area contributed by atoms with Crippen molar-refractivity contribution in [1.29, 1.82) is 0 Å². The Morgan fingerprint density at radius 1 is 1.28 bits per heavy atom. The van der Waals surface area contributed by atoms with E-state index in [1.165, 1.54) is 0 Å². The number of benzene rings is 1. The van der Waals surface area contributed by atoms with Crippen LogP contribution in [0.3, 0.4) is 0 Å². The number of nitrogens with two attached hydrogens (primary N) is 1. The van der Waals surface area contributed by atoms with Crippen LogP contribution in [0.1, 0.15) is 42.9 Å². The minimum absolute atomic E-state index is 0.0157. The third-order valence-corrected chi connectivity index (χ3v) is 7.03. The predicted octanol–water partition coefficient (Wildman–Crippen LogP) is 2.18. The number of hydrogen-bond acceptors (Lipinski definition) is 5. The Hall–Kier alpha value is -3.42. The Kier molecular flexibility index (Phi) is 4.87. The molecule has 0 radical (unpaired) electrons. The van der Waals surface area contributed by atoms with E-state index in [4.69, 9.17) is 5.73 Å². The smallest absolute Gasteiger partial charge is 0.325 e. The van der Waals surface area contributed by atoms with Gasteiger partial charge in [-0.15, -0.1) is 0 Å². The standard InChI is InChI=1S/C24H27N5O3/c1-15(17-7-8-17)28(13-16-6-9-20(25)26-12-16)21(30)14-29-22(31)24(27-23(29)32)11-10-18-4-2-3-5-19(18)24/h2-6,9,12,15,17H,7-8,10-11,13-14H2,1H3,(H2,25,26)(H,27,32)/t15-,24?/m0/s1. The lowest BCUT2D eigenvalue weighted by Gasteiger charge is -2.31. The summed E-state index contributed by atoms with van der Waals surface area (Å²) < 4.78 is 0. The lowest BCUT2D eigenvalue weighted by Crippen LogP contribution is -2.47. The first-order chi connectivity index (χ1) is 15.4. The van der Waals surface area contributed by atoms with Crippen LogP contribution in [0.2, 0.25) is 0 Å². The van der Waals surface area contributed by atoms with E-state index in [0.29, 0.717) is 24.7 Å². The van der Waals surface area contributed by atoms with Crippen molar-refractivity contribution in [3.05, 3.63) is 59.3 Å². The van der Waals surface area contributed by atoms with Gasteiger partial charge in [0.2, 0.25) is 5.91 Å². The summed E-state index contributed by atoms with van der Waals surface area (Å²) in [6.07, 6.45) is 5.05. The number of nitrogen functional groups attached to an aromatic ring is 1. The van der Waals surface area contributed by atoms with Gasteiger partial charge in [0, 0.05) is 18.8 Å². The fourth-order valence-electron chi connectivity index (χ4n) is 4.98. The minimum Gasteiger partial charge on any atom is -0.384 e. The molecular weight excluding hydrogens is 406 g/mol. The van der Waals surface area contributed by atoms with E-state index in [1.807, 2.05) is 37.3 Å². The normalized spacial score (nSPS) is 22.7. The van der Waals surface area contributed by atoms with E-state index in [1.54, 1.807) is 17.2 Å². The van der Waals surface area contributed by atoms with Crippen LogP contribution in [0.5, 0.6) is 0 Å². The summed E-state index contributed by atoms with van der Waals surface area (Å²) in [6.45, 7) is 2.12. The molecule has 32 heavy (non-hydrogen) atoms. The van der Waals surface area contributed by atoms with Crippen molar-refractivity contribution >= 4 is 23.7 Å². The molecule has 1 aromatic carbocycles. The molecule has 1 saturated heterocycles. The topological polar surface area (TPSA) is 109 Å². The van der Waals surface area contributed by atoms with Crippen LogP contribution in [0.15, 0.2) is 42.6 Å². The second-order valence-corrected chi connectivity index (χ2v) is 9.07. The summed E-state index contributed by atoms with van der Waals surface area (Å²) >= 11 is 0. The zero-order chi connectivity index (χ0) is 22.5. The molecule has 3 aliphatic rings. The van der Waals surface area contributed by atoms with E-state index in [9.17, 15) is 14.4 Å². The zero-order valence-electron chi connectivity index (χ0n) is 18.1. The number of aromatic nitrogens is 1. The van der Waals surface area contributed by atoms with Gasteiger partial charge >= 0.3 is 6.03 Å². The van der Waals surface area contributed by atoms with Crippen molar-refractivity contribution in [3.8, 4) is 0 Å². The number of urea groups is 1. The van der Waals surface area contributed by atoms with Crippen molar-refractivity contribution in [2.24, 2.45) is 5.92 Å². The van der Waals surface area contributed by atoms with Crippen LogP contribution in [-0.4, -0.2) is 45.2 Å². The van der Waals surface area contributed by atoms with E-state index in [2.05, 4.69) is 10.3 Å². The SMILES string of the molecule is C[C@@H](C1CC1)N(Cc1ccc(N)nc1)C(=O)CN1C(=O)NC2(CCc3ccccc32)C1=O. The van der Waals surface area contributed by atoms with Gasteiger partial charge in [0.1, 0.15) is 17.9 Å². The summed E-state index contributed by atoms with van der Waals surface area (Å²) in [6, 6.07) is 10.7. The maximum absolute atomic E-state index is 13.4. The fourth-order valence-corrected chi connectivity index (χ4v) is 4.98. The number of hydrogen-bond donors (Lipinski definition) is 2. The molecule has 8 nitrogen and oxygen atoms in total. The van der Waals surface area contributed by atoms with Gasteiger partial charge in [-0.25, -0.2) is 9.78 Å². The molecular formula is C24H27N5O3. The molecule has 1 aliphatic heterocycles. The Balaban J connectivity index is 1.37. The molecule has 166 valence electrons. The number of carbonyl (C=O) groups excluding carboxylic acids is 3. The maximum Gasteiger partial charge on any atom is 0.325 e. The molecule has 4 amide bonds. The van der Waals surface area contributed by atoms with Gasteiger partial charge in [-0.1, -0.05) is 30.3 Å². The highest BCUT2D eigenvalue weighted by Crippen LogP contribution is 2.41. The van der Waals surface area contributed by atoms with E-state index in [0.717, 1.165) is 40.9 Å². The molecule has 5 rings (SSSR count). The van der Waals surface area contributed by atoms with E-state index in [-0.39, 0.29) is 24.4 Å². The van der Waals surface area contributed by atoms with Gasteiger partial charge in [-0.3, -0.25) is 14.5 Å². The number of aryl methyl sites for hydroxylation is 1.